The molecule has 0 radical (unpaired) electrons. The Labute approximate surface area is 85.0 Å². The Bertz CT molecular complexity index is 447. The molecule has 13 heavy (non-hydrogen) atoms. The monoisotopic (exact) mass is 214 g/mol. The molecule has 0 N–H and O–H groups in total. The summed E-state index contributed by atoms with van der Waals surface area (Å²) < 4.78 is 14.2. The first-order chi connectivity index (χ1) is 6.22. The van der Waals surface area contributed by atoms with Crippen LogP contribution in [0.1, 0.15) is 11.1 Å². The lowest BCUT2D eigenvalue weighted by atomic mass is 10.1. The quantitative estimate of drug-likeness (QED) is 0.628. The zero-order valence-electron chi connectivity index (χ0n) is 7.10. The van der Waals surface area contributed by atoms with E-state index in [1.54, 1.807) is 0 Å². The van der Waals surface area contributed by atoms with Crippen LogP contribution in [0.25, 0.3) is 10.1 Å². The summed E-state index contributed by atoms with van der Waals surface area (Å²) in [5.41, 5.74) is 1.77. The molecular weight excluding hydrogens is 207 g/mol. The van der Waals surface area contributed by atoms with Crippen LogP contribution in [0.4, 0.5) is 4.39 Å². The van der Waals surface area contributed by atoms with Crippen LogP contribution in [-0.2, 0) is 5.88 Å². The fourth-order valence-corrected chi connectivity index (χ4v) is 2.62. The highest BCUT2D eigenvalue weighted by molar-refractivity contribution is 7.17. The van der Waals surface area contributed by atoms with Crippen LogP contribution in [0.2, 0.25) is 0 Å². The first-order valence-corrected chi connectivity index (χ1v) is 5.31. The molecule has 0 aliphatic rings. The van der Waals surface area contributed by atoms with Crippen LogP contribution >= 0.6 is 22.9 Å². The molecule has 0 bridgehead atoms. The number of halogens is 2. The summed E-state index contributed by atoms with van der Waals surface area (Å²) in [6, 6.07) is 5.90. The number of thiophene rings is 1. The second-order valence-electron chi connectivity index (χ2n) is 2.99. The van der Waals surface area contributed by atoms with Gasteiger partial charge in [0.15, 0.2) is 5.13 Å². The summed E-state index contributed by atoms with van der Waals surface area (Å²) in [6.45, 7) is 1.99. The number of aryl methyl sites for hydroxylation is 1. The third kappa shape index (κ3) is 1.45. The molecule has 0 aliphatic carbocycles. The zero-order valence-corrected chi connectivity index (χ0v) is 8.68. The van der Waals surface area contributed by atoms with E-state index >= 15 is 0 Å². The lowest BCUT2D eigenvalue weighted by Crippen LogP contribution is -1.78. The molecule has 0 amide bonds. The van der Waals surface area contributed by atoms with E-state index in [1.165, 1.54) is 0 Å². The Hall–Kier alpha value is -0.600. The molecule has 0 spiro atoms. The second kappa shape index (κ2) is 3.28. The first kappa shape index (κ1) is 8.97. The van der Waals surface area contributed by atoms with Crippen molar-refractivity contribution in [2.24, 2.45) is 0 Å². The molecule has 3 heteroatoms. The van der Waals surface area contributed by atoms with Gasteiger partial charge in [0.25, 0.3) is 0 Å². The van der Waals surface area contributed by atoms with Crippen molar-refractivity contribution in [1.29, 1.82) is 0 Å². The summed E-state index contributed by atoms with van der Waals surface area (Å²) in [5, 5.41) is 0.799. The van der Waals surface area contributed by atoms with Gasteiger partial charge in [-0.1, -0.05) is 17.7 Å². The number of alkyl halides is 1. The summed E-state index contributed by atoms with van der Waals surface area (Å²) in [7, 11) is 0. The molecular formula is C10H8ClFS. The molecule has 0 saturated carbocycles. The molecule has 0 aliphatic heterocycles. The maximum absolute atomic E-state index is 13.3. The van der Waals surface area contributed by atoms with Gasteiger partial charge in [-0.15, -0.1) is 22.9 Å². The highest BCUT2D eigenvalue weighted by atomic mass is 35.5. The Morgan fingerprint density at radius 1 is 1.46 bits per heavy atom. The smallest absolute Gasteiger partial charge is 0.182 e. The maximum atomic E-state index is 13.3. The van der Waals surface area contributed by atoms with Crippen molar-refractivity contribution in [3.05, 3.63) is 34.5 Å². The summed E-state index contributed by atoms with van der Waals surface area (Å²) in [6.07, 6.45) is 0. The van der Waals surface area contributed by atoms with Crippen LogP contribution in [0.3, 0.4) is 0 Å². The van der Waals surface area contributed by atoms with Gasteiger partial charge in [0.1, 0.15) is 0 Å². The third-order valence-electron chi connectivity index (χ3n) is 2.03. The van der Waals surface area contributed by atoms with E-state index in [0.29, 0.717) is 5.56 Å². The fraction of sp³-hybridized carbons (Fsp3) is 0.200. The van der Waals surface area contributed by atoms with Crippen LogP contribution < -0.4 is 0 Å². The zero-order chi connectivity index (χ0) is 9.42. The third-order valence-corrected chi connectivity index (χ3v) is 3.30. The largest absolute Gasteiger partial charge is 0.195 e. The minimum Gasteiger partial charge on any atom is -0.195 e. The van der Waals surface area contributed by atoms with Crippen molar-refractivity contribution in [1.82, 2.24) is 0 Å². The lowest BCUT2D eigenvalue weighted by Gasteiger charge is -1.94. The minimum absolute atomic E-state index is 0.157. The van der Waals surface area contributed by atoms with Gasteiger partial charge in [-0.2, -0.15) is 4.39 Å². The van der Waals surface area contributed by atoms with E-state index < -0.39 is 0 Å². The Balaban J connectivity index is 2.80. The summed E-state index contributed by atoms with van der Waals surface area (Å²) >= 11 is 6.83. The molecule has 0 nitrogen and oxygen atoms in total. The average Bonchev–Trinajstić information content (AvgIpc) is 2.40. The van der Waals surface area contributed by atoms with Crippen molar-refractivity contribution < 1.29 is 4.39 Å². The van der Waals surface area contributed by atoms with Crippen molar-refractivity contribution in [3.8, 4) is 0 Å². The first-order valence-electron chi connectivity index (χ1n) is 3.96. The van der Waals surface area contributed by atoms with E-state index in [-0.39, 0.29) is 11.0 Å². The highest BCUT2D eigenvalue weighted by Gasteiger charge is 2.10. The molecule has 2 aromatic rings. The second-order valence-corrected chi connectivity index (χ2v) is 4.26. The highest BCUT2D eigenvalue weighted by Crippen LogP contribution is 2.31. The van der Waals surface area contributed by atoms with Crippen molar-refractivity contribution in [2.75, 3.05) is 0 Å². The number of fused-ring (bicyclic) bond motifs is 1. The molecule has 1 heterocycles. The molecule has 0 unspecified atom stereocenters. The Kier molecular flexibility index (Phi) is 2.26. The van der Waals surface area contributed by atoms with Crippen LogP contribution in [0, 0.1) is 12.1 Å². The van der Waals surface area contributed by atoms with Crippen LogP contribution in [0.15, 0.2) is 18.2 Å². The summed E-state index contributed by atoms with van der Waals surface area (Å²) in [4.78, 5) is 0. The van der Waals surface area contributed by atoms with Gasteiger partial charge < -0.3 is 0 Å². The van der Waals surface area contributed by atoms with E-state index in [4.69, 9.17) is 11.6 Å². The molecule has 0 saturated heterocycles. The molecule has 1 aromatic heterocycles. The Morgan fingerprint density at radius 2 is 2.23 bits per heavy atom. The molecule has 2 rings (SSSR count). The Morgan fingerprint density at radius 3 is 2.92 bits per heavy atom. The van der Waals surface area contributed by atoms with Gasteiger partial charge >= 0.3 is 0 Å². The fourth-order valence-electron chi connectivity index (χ4n) is 1.36. The SMILES string of the molecule is Cc1ccc2sc(F)c(CCl)c2c1. The van der Waals surface area contributed by atoms with Crippen LogP contribution in [-0.4, -0.2) is 0 Å². The maximum Gasteiger partial charge on any atom is 0.182 e. The van der Waals surface area contributed by atoms with E-state index in [2.05, 4.69) is 0 Å². The number of hydrogen-bond acceptors (Lipinski definition) is 1. The van der Waals surface area contributed by atoms with Gasteiger partial charge in [0.2, 0.25) is 0 Å². The van der Waals surface area contributed by atoms with E-state index in [9.17, 15) is 4.39 Å². The molecule has 0 fully saturated rings. The molecule has 1 aromatic carbocycles. The predicted octanol–water partition coefficient (Wildman–Crippen LogP) is 4.09. The van der Waals surface area contributed by atoms with E-state index in [1.807, 2.05) is 25.1 Å². The van der Waals surface area contributed by atoms with Gasteiger partial charge in [-0.05, 0) is 13.0 Å². The number of rotatable bonds is 1. The summed E-state index contributed by atoms with van der Waals surface area (Å²) in [5.74, 6) is 0.245. The molecule has 68 valence electrons. The number of hydrogen-bond donors (Lipinski definition) is 0. The number of benzene rings is 1. The average molecular weight is 215 g/mol. The topological polar surface area (TPSA) is 0 Å². The molecule has 0 atom stereocenters. The van der Waals surface area contributed by atoms with Crippen molar-refractivity contribution >= 4 is 33.0 Å². The predicted molar refractivity (Wildman–Crippen MR) is 56.1 cm³/mol. The normalized spacial score (nSPS) is 11.0. The minimum atomic E-state index is -0.157. The lowest BCUT2D eigenvalue weighted by molar-refractivity contribution is 0.648. The van der Waals surface area contributed by atoms with Gasteiger partial charge in [-0.25, -0.2) is 0 Å². The van der Waals surface area contributed by atoms with Crippen LogP contribution in [0.5, 0.6) is 0 Å². The van der Waals surface area contributed by atoms with Gasteiger partial charge in [0.05, 0.1) is 5.88 Å². The van der Waals surface area contributed by atoms with Crippen molar-refractivity contribution in [2.45, 2.75) is 12.8 Å². The standard InChI is InChI=1S/C10H8ClFS/c1-6-2-3-9-7(4-6)8(5-11)10(12)13-9/h2-4H,5H2,1H3. The van der Waals surface area contributed by atoms with Gasteiger partial charge in [-0.3, -0.25) is 0 Å². The van der Waals surface area contributed by atoms with Crippen molar-refractivity contribution in [3.63, 3.8) is 0 Å². The van der Waals surface area contributed by atoms with E-state index in [0.717, 1.165) is 27.0 Å². The van der Waals surface area contributed by atoms with Gasteiger partial charge in [0, 0.05) is 15.6 Å².